The molecule has 5 nitrogen and oxygen atoms in total. The first-order valence-corrected chi connectivity index (χ1v) is 8.33. The maximum atomic E-state index is 13.4. The van der Waals surface area contributed by atoms with Crippen molar-refractivity contribution in [2.45, 2.75) is 44.6 Å². The number of carbonyl (C=O) groups excluding carboxylic acids is 1. The predicted octanol–water partition coefficient (Wildman–Crippen LogP) is 2.03. The fourth-order valence-corrected chi connectivity index (χ4v) is 2.63. The summed E-state index contributed by atoms with van der Waals surface area (Å²) >= 11 is 0. The van der Waals surface area contributed by atoms with Crippen LogP contribution in [0.1, 0.15) is 44.0 Å². The van der Waals surface area contributed by atoms with E-state index < -0.39 is 26.6 Å². The van der Waals surface area contributed by atoms with Crippen LogP contribution in [0.5, 0.6) is 0 Å². The summed E-state index contributed by atoms with van der Waals surface area (Å²) in [6.45, 7) is 6.02. The van der Waals surface area contributed by atoms with Gasteiger partial charge < -0.3 is 5.32 Å². The summed E-state index contributed by atoms with van der Waals surface area (Å²) in [4.78, 5) is 11.4. The molecule has 0 bridgehead atoms. The van der Waals surface area contributed by atoms with Gasteiger partial charge in [-0.25, -0.2) is 17.9 Å². The summed E-state index contributed by atoms with van der Waals surface area (Å²) in [6.07, 6.45) is 1.82. The second kappa shape index (κ2) is 7.00. The second-order valence-electron chi connectivity index (χ2n) is 5.31. The Morgan fingerprint density at radius 3 is 2.52 bits per heavy atom. The number of benzene rings is 1. The van der Waals surface area contributed by atoms with E-state index in [9.17, 15) is 17.6 Å². The Hall–Kier alpha value is -1.47. The number of sulfonamides is 1. The molecular formula is C14H21FN2O3S. The van der Waals surface area contributed by atoms with Crippen LogP contribution >= 0.6 is 0 Å². The molecule has 0 spiro atoms. The highest BCUT2D eigenvalue weighted by molar-refractivity contribution is 7.89. The molecule has 0 radical (unpaired) electrons. The minimum Gasteiger partial charge on any atom is -0.350 e. The number of hydrogen-bond acceptors (Lipinski definition) is 3. The van der Waals surface area contributed by atoms with Crippen LogP contribution in [0.2, 0.25) is 0 Å². The first-order chi connectivity index (χ1) is 9.65. The number of rotatable bonds is 6. The van der Waals surface area contributed by atoms with E-state index in [1.54, 1.807) is 0 Å². The lowest BCUT2D eigenvalue weighted by molar-refractivity contribution is 0.0935. The van der Waals surface area contributed by atoms with E-state index in [-0.39, 0.29) is 11.6 Å². The molecular weight excluding hydrogens is 295 g/mol. The number of carbonyl (C=O) groups is 1. The molecule has 2 unspecified atom stereocenters. The molecule has 1 aromatic carbocycles. The normalized spacial score (nSPS) is 14.5. The van der Waals surface area contributed by atoms with Gasteiger partial charge in [0.05, 0.1) is 0 Å². The largest absolute Gasteiger partial charge is 0.350 e. The van der Waals surface area contributed by atoms with E-state index in [1.165, 1.54) is 6.07 Å². The molecule has 0 aliphatic rings. The zero-order valence-electron chi connectivity index (χ0n) is 12.4. The first kappa shape index (κ1) is 17.6. The van der Waals surface area contributed by atoms with Gasteiger partial charge in [-0.3, -0.25) is 4.79 Å². The van der Waals surface area contributed by atoms with Crippen molar-refractivity contribution in [2.75, 3.05) is 0 Å². The van der Waals surface area contributed by atoms with Crippen molar-refractivity contribution in [1.29, 1.82) is 0 Å². The van der Waals surface area contributed by atoms with Crippen LogP contribution in [-0.4, -0.2) is 20.4 Å². The lowest BCUT2D eigenvalue weighted by Gasteiger charge is -2.17. The summed E-state index contributed by atoms with van der Waals surface area (Å²) in [5, 5.41) is 7.67. The maximum absolute atomic E-state index is 13.4. The summed E-state index contributed by atoms with van der Waals surface area (Å²) in [5.41, 5.74) is 0.0661. The Morgan fingerprint density at radius 1 is 1.38 bits per heavy atom. The van der Waals surface area contributed by atoms with Crippen molar-refractivity contribution in [3.8, 4) is 0 Å². The summed E-state index contributed by atoms with van der Waals surface area (Å²) in [7, 11) is -4.20. The summed E-state index contributed by atoms with van der Waals surface area (Å²) in [6, 6.07) is 3.05. The molecule has 1 amide bonds. The van der Waals surface area contributed by atoms with Crippen molar-refractivity contribution >= 4 is 15.9 Å². The molecule has 118 valence electrons. The van der Waals surface area contributed by atoms with E-state index in [2.05, 4.69) is 19.2 Å². The van der Waals surface area contributed by atoms with Gasteiger partial charge in [0.1, 0.15) is 10.7 Å². The third-order valence-electron chi connectivity index (χ3n) is 3.33. The van der Waals surface area contributed by atoms with Gasteiger partial charge in [0.2, 0.25) is 10.0 Å². The number of amides is 1. The van der Waals surface area contributed by atoms with Crippen LogP contribution in [0.3, 0.4) is 0 Å². The smallest absolute Gasteiger partial charge is 0.251 e. The fraction of sp³-hybridized carbons (Fsp3) is 0.500. The Morgan fingerprint density at radius 2 is 2.00 bits per heavy atom. The van der Waals surface area contributed by atoms with Crippen LogP contribution in [-0.2, 0) is 10.0 Å². The van der Waals surface area contributed by atoms with Gasteiger partial charge in [-0.05, 0) is 37.5 Å². The van der Waals surface area contributed by atoms with Crippen molar-refractivity contribution in [2.24, 2.45) is 11.1 Å². The molecule has 1 rings (SSSR count). The fourth-order valence-electron chi connectivity index (χ4n) is 2.00. The standard InChI is InChI=1S/C14H21FN2O3S/c1-4-9(2)7-10(3)17-14(18)11-5-6-12(15)13(8-11)21(16,19)20/h5-6,8-10H,4,7H2,1-3H3,(H,17,18)(H2,16,19,20). The molecule has 0 saturated heterocycles. The van der Waals surface area contributed by atoms with Gasteiger partial charge in [0.25, 0.3) is 5.91 Å². The van der Waals surface area contributed by atoms with Crippen molar-refractivity contribution < 1.29 is 17.6 Å². The minimum absolute atomic E-state index is 0.0598. The van der Waals surface area contributed by atoms with Gasteiger partial charge in [0.15, 0.2) is 0 Å². The first-order valence-electron chi connectivity index (χ1n) is 6.78. The average Bonchev–Trinajstić information content (AvgIpc) is 2.37. The van der Waals surface area contributed by atoms with Gasteiger partial charge >= 0.3 is 0 Å². The maximum Gasteiger partial charge on any atom is 0.251 e. The van der Waals surface area contributed by atoms with Crippen LogP contribution in [0, 0.1) is 11.7 Å². The van der Waals surface area contributed by atoms with Crippen molar-refractivity contribution in [3.05, 3.63) is 29.6 Å². The molecule has 21 heavy (non-hydrogen) atoms. The molecule has 2 atom stereocenters. The van der Waals surface area contributed by atoms with Crippen molar-refractivity contribution in [1.82, 2.24) is 5.32 Å². The summed E-state index contributed by atoms with van der Waals surface area (Å²) in [5.74, 6) is -0.953. The van der Waals surface area contributed by atoms with Gasteiger partial charge in [-0.1, -0.05) is 20.3 Å². The molecule has 1 aromatic rings. The van der Waals surface area contributed by atoms with Gasteiger partial charge in [-0.2, -0.15) is 0 Å². The number of nitrogens with one attached hydrogen (secondary N) is 1. The third kappa shape index (κ3) is 5.09. The SMILES string of the molecule is CCC(C)CC(C)NC(=O)c1ccc(F)c(S(N)(=O)=O)c1. The highest BCUT2D eigenvalue weighted by Gasteiger charge is 2.18. The lowest BCUT2D eigenvalue weighted by Crippen LogP contribution is -2.33. The van der Waals surface area contributed by atoms with Crippen LogP contribution in [0.25, 0.3) is 0 Å². The molecule has 7 heteroatoms. The predicted molar refractivity (Wildman–Crippen MR) is 78.8 cm³/mol. The average molecular weight is 316 g/mol. The number of primary sulfonamides is 1. The Kier molecular flexibility index (Phi) is 5.86. The topological polar surface area (TPSA) is 89.3 Å². The Labute approximate surface area is 124 Å². The van der Waals surface area contributed by atoms with E-state index in [0.29, 0.717) is 5.92 Å². The molecule has 0 aromatic heterocycles. The van der Waals surface area contributed by atoms with Crippen LogP contribution in [0.15, 0.2) is 23.1 Å². The number of halogens is 1. The number of hydrogen-bond donors (Lipinski definition) is 2. The monoisotopic (exact) mass is 316 g/mol. The number of nitrogens with two attached hydrogens (primary N) is 1. The molecule has 3 N–H and O–H groups in total. The molecule has 0 fully saturated rings. The quantitative estimate of drug-likeness (QED) is 0.841. The third-order valence-corrected chi connectivity index (χ3v) is 4.26. The second-order valence-corrected chi connectivity index (χ2v) is 6.84. The van der Waals surface area contributed by atoms with Gasteiger partial charge in [-0.15, -0.1) is 0 Å². The minimum atomic E-state index is -4.20. The van der Waals surface area contributed by atoms with Gasteiger partial charge in [0, 0.05) is 11.6 Å². The van der Waals surface area contributed by atoms with E-state index >= 15 is 0 Å². The van der Waals surface area contributed by atoms with E-state index in [4.69, 9.17) is 5.14 Å². The molecule has 0 aliphatic carbocycles. The molecule has 0 saturated carbocycles. The summed E-state index contributed by atoms with van der Waals surface area (Å²) < 4.78 is 35.9. The highest BCUT2D eigenvalue weighted by Crippen LogP contribution is 2.16. The lowest BCUT2D eigenvalue weighted by atomic mass is 10.00. The Balaban J connectivity index is 2.89. The van der Waals surface area contributed by atoms with E-state index in [1.807, 2.05) is 6.92 Å². The highest BCUT2D eigenvalue weighted by atomic mass is 32.2. The van der Waals surface area contributed by atoms with E-state index in [0.717, 1.165) is 25.0 Å². The van der Waals surface area contributed by atoms with Crippen LogP contribution < -0.4 is 10.5 Å². The van der Waals surface area contributed by atoms with Crippen molar-refractivity contribution in [3.63, 3.8) is 0 Å². The Bertz CT molecular complexity index is 617. The zero-order valence-corrected chi connectivity index (χ0v) is 13.2. The molecule has 0 aliphatic heterocycles. The zero-order chi connectivity index (χ0) is 16.2. The van der Waals surface area contributed by atoms with Crippen LogP contribution in [0.4, 0.5) is 4.39 Å². The molecule has 0 heterocycles.